The van der Waals surface area contributed by atoms with Crippen molar-refractivity contribution < 1.29 is 19.1 Å². The van der Waals surface area contributed by atoms with Crippen LogP contribution in [0.4, 0.5) is 0 Å². The van der Waals surface area contributed by atoms with E-state index in [0.29, 0.717) is 53.8 Å². The fraction of sp³-hybridized carbons (Fsp3) is 0.261. The van der Waals surface area contributed by atoms with Crippen molar-refractivity contribution in [2.24, 2.45) is 7.05 Å². The highest BCUT2D eigenvalue weighted by Crippen LogP contribution is 2.32. The molecule has 32 heavy (non-hydrogen) atoms. The topological polar surface area (TPSA) is 85.7 Å². The molecule has 8 nitrogen and oxygen atoms in total. The first-order valence-electron chi connectivity index (χ1n) is 10.3. The van der Waals surface area contributed by atoms with Gasteiger partial charge in [0, 0.05) is 48.4 Å². The maximum Gasteiger partial charge on any atom is 0.272 e. The van der Waals surface area contributed by atoms with Crippen molar-refractivity contribution in [3.05, 3.63) is 75.6 Å². The minimum absolute atomic E-state index is 0.117. The number of hydrogen-bond donors (Lipinski definition) is 1. The second-order valence-electron chi connectivity index (χ2n) is 7.75. The second-order valence-corrected chi connectivity index (χ2v) is 8.19. The van der Waals surface area contributed by atoms with Crippen molar-refractivity contribution >= 4 is 23.4 Å². The first kappa shape index (κ1) is 20.4. The minimum atomic E-state index is -0.281. The van der Waals surface area contributed by atoms with Crippen molar-refractivity contribution in [3.8, 4) is 11.5 Å². The summed E-state index contributed by atoms with van der Waals surface area (Å²) in [7, 11) is 1.82. The molecule has 3 aromatic rings. The van der Waals surface area contributed by atoms with Gasteiger partial charge in [-0.25, -0.2) is 0 Å². The van der Waals surface area contributed by atoms with E-state index in [4.69, 9.17) is 21.1 Å². The van der Waals surface area contributed by atoms with E-state index in [1.165, 1.54) is 0 Å². The minimum Gasteiger partial charge on any atom is -0.454 e. The molecule has 0 atom stereocenters. The van der Waals surface area contributed by atoms with Gasteiger partial charge in [-0.15, -0.1) is 0 Å². The van der Waals surface area contributed by atoms with Gasteiger partial charge in [-0.3, -0.25) is 14.3 Å². The maximum absolute atomic E-state index is 13.0. The molecule has 0 radical (unpaired) electrons. The normalized spacial score (nSPS) is 14.2. The van der Waals surface area contributed by atoms with Crippen molar-refractivity contribution in [1.29, 1.82) is 0 Å². The van der Waals surface area contributed by atoms with Crippen LogP contribution < -0.4 is 14.8 Å². The predicted molar refractivity (Wildman–Crippen MR) is 117 cm³/mol. The lowest BCUT2D eigenvalue weighted by Gasteiger charge is -2.27. The Bertz CT molecular complexity index is 1220. The third-order valence-electron chi connectivity index (χ3n) is 5.71. The quantitative estimate of drug-likeness (QED) is 0.657. The summed E-state index contributed by atoms with van der Waals surface area (Å²) in [5.74, 6) is 0.968. The van der Waals surface area contributed by atoms with E-state index in [-0.39, 0.29) is 18.6 Å². The zero-order valence-corrected chi connectivity index (χ0v) is 18.2. The summed E-state index contributed by atoms with van der Waals surface area (Å²) in [6.07, 6.45) is 0.626. The number of aromatic nitrogens is 2. The molecule has 2 aliphatic rings. The number of ether oxygens (including phenoxy) is 2. The number of halogens is 1. The van der Waals surface area contributed by atoms with Gasteiger partial charge in [-0.1, -0.05) is 23.7 Å². The maximum atomic E-state index is 13.0. The van der Waals surface area contributed by atoms with Crippen molar-refractivity contribution in [2.75, 3.05) is 13.3 Å². The largest absolute Gasteiger partial charge is 0.454 e. The van der Waals surface area contributed by atoms with Gasteiger partial charge in [0.1, 0.15) is 0 Å². The van der Waals surface area contributed by atoms with Crippen LogP contribution in [-0.2, 0) is 26.6 Å². The van der Waals surface area contributed by atoms with Crippen LogP contribution in [0.25, 0.3) is 0 Å². The van der Waals surface area contributed by atoms with Gasteiger partial charge in [0.25, 0.3) is 11.8 Å². The Balaban J connectivity index is 1.32. The molecule has 0 aliphatic carbocycles. The number of carbonyl (C=O) groups is 2. The van der Waals surface area contributed by atoms with E-state index >= 15 is 0 Å². The summed E-state index contributed by atoms with van der Waals surface area (Å²) in [6, 6.07) is 12.4. The number of hydrogen-bond acceptors (Lipinski definition) is 5. The van der Waals surface area contributed by atoms with Crippen LogP contribution in [0.3, 0.4) is 0 Å². The third kappa shape index (κ3) is 3.78. The van der Waals surface area contributed by atoms with Crippen molar-refractivity contribution in [3.63, 3.8) is 0 Å². The van der Waals surface area contributed by atoms with Gasteiger partial charge in [0.05, 0.1) is 6.54 Å². The van der Waals surface area contributed by atoms with Gasteiger partial charge in [-0.2, -0.15) is 5.10 Å². The number of benzene rings is 2. The van der Waals surface area contributed by atoms with E-state index in [1.807, 2.05) is 25.2 Å². The van der Waals surface area contributed by atoms with Crippen LogP contribution in [0.1, 0.15) is 37.7 Å². The van der Waals surface area contributed by atoms with Gasteiger partial charge in [-0.05, 0) is 35.9 Å². The molecule has 0 fully saturated rings. The van der Waals surface area contributed by atoms with E-state index in [0.717, 1.165) is 16.8 Å². The Labute approximate surface area is 189 Å². The monoisotopic (exact) mass is 452 g/mol. The molecule has 0 unspecified atom stereocenters. The molecular formula is C23H21ClN4O4. The van der Waals surface area contributed by atoms with Gasteiger partial charge in [0.15, 0.2) is 17.2 Å². The van der Waals surface area contributed by atoms with E-state index < -0.39 is 0 Å². The highest BCUT2D eigenvalue weighted by Gasteiger charge is 2.29. The van der Waals surface area contributed by atoms with Crippen LogP contribution >= 0.6 is 11.6 Å². The lowest BCUT2D eigenvalue weighted by molar-refractivity contribution is 0.0730. The molecule has 2 amide bonds. The summed E-state index contributed by atoms with van der Waals surface area (Å²) >= 11 is 6.04. The molecule has 1 aromatic heterocycles. The molecule has 0 bridgehead atoms. The SMILES string of the molecule is Cn1nc(C(=O)NCc2ccc3c(c2)OCO3)c2c1CCN(C(=O)c1cccc(Cl)c1)C2. The number of aryl methyl sites for hydroxylation is 1. The smallest absolute Gasteiger partial charge is 0.272 e. The van der Waals surface area contributed by atoms with Crippen LogP contribution in [0.5, 0.6) is 11.5 Å². The first-order chi connectivity index (χ1) is 15.5. The van der Waals surface area contributed by atoms with Crippen LogP contribution in [0.15, 0.2) is 42.5 Å². The summed E-state index contributed by atoms with van der Waals surface area (Å²) in [6.45, 7) is 1.40. The molecule has 5 rings (SSSR count). The Morgan fingerprint density at radius 2 is 2.00 bits per heavy atom. The fourth-order valence-electron chi connectivity index (χ4n) is 4.07. The van der Waals surface area contributed by atoms with E-state index in [2.05, 4.69) is 10.4 Å². The summed E-state index contributed by atoms with van der Waals surface area (Å²) in [5.41, 5.74) is 3.50. The highest BCUT2D eigenvalue weighted by molar-refractivity contribution is 6.30. The highest BCUT2D eigenvalue weighted by atomic mass is 35.5. The lowest BCUT2D eigenvalue weighted by atomic mass is 10.0. The molecule has 2 aliphatic heterocycles. The number of rotatable bonds is 4. The lowest BCUT2D eigenvalue weighted by Crippen LogP contribution is -2.37. The molecule has 1 N–H and O–H groups in total. The Kier molecular flexibility index (Phi) is 5.22. The number of carbonyl (C=O) groups excluding carboxylic acids is 2. The van der Waals surface area contributed by atoms with Crippen LogP contribution in [0, 0.1) is 0 Å². The molecule has 2 aromatic carbocycles. The molecule has 0 saturated heterocycles. The molecular weight excluding hydrogens is 432 g/mol. The second kappa shape index (κ2) is 8.20. The molecule has 9 heteroatoms. The number of fused-ring (bicyclic) bond motifs is 2. The Morgan fingerprint density at radius 1 is 1.16 bits per heavy atom. The van der Waals surface area contributed by atoms with Crippen molar-refractivity contribution in [1.82, 2.24) is 20.0 Å². The number of amides is 2. The molecule has 0 saturated carbocycles. The Morgan fingerprint density at radius 3 is 2.84 bits per heavy atom. The average molecular weight is 453 g/mol. The standard InChI is InChI=1S/C23H21ClN4O4/c1-27-18-7-8-28(23(30)15-3-2-4-16(24)10-15)12-17(18)21(26-27)22(29)25-11-14-5-6-19-20(9-14)32-13-31-19/h2-6,9-10H,7-8,11-13H2,1H3,(H,25,29). The molecule has 0 spiro atoms. The van der Waals surface area contributed by atoms with Gasteiger partial charge in [0.2, 0.25) is 6.79 Å². The van der Waals surface area contributed by atoms with Gasteiger partial charge < -0.3 is 19.7 Å². The van der Waals surface area contributed by atoms with E-state index in [1.54, 1.807) is 33.8 Å². The average Bonchev–Trinajstić information content (AvgIpc) is 3.40. The molecule has 3 heterocycles. The third-order valence-corrected chi connectivity index (χ3v) is 5.94. The van der Waals surface area contributed by atoms with Crippen molar-refractivity contribution in [2.45, 2.75) is 19.5 Å². The fourth-order valence-corrected chi connectivity index (χ4v) is 4.26. The number of nitrogens with one attached hydrogen (secondary N) is 1. The number of nitrogens with zero attached hydrogens (tertiary/aromatic N) is 3. The van der Waals surface area contributed by atoms with Gasteiger partial charge >= 0.3 is 0 Å². The summed E-state index contributed by atoms with van der Waals surface area (Å²) in [5, 5.41) is 7.88. The zero-order chi connectivity index (χ0) is 22.2. The van der Waals surface area contributed by atoms with Crippen LogP contribution in [0.2, 0.25) is 5.02 Å². The summed E-state index contributed by atoms with van der Waals surface area (Å²) in [4.78, 5) is 27.7. The Hall–Kier alpha value is -3.52. The molecule has 164 valence electrons. The summed E-state index contributed by atoms with van der Waals surface area (Å²) < 4.78 is 12.4. The van der Waals surface area contributed by atoms with Crippen LogP contribution in [-0.4, -0.2) is 39.8 Å². The zero-order valence-electron chi connectivity index (χ0n) is 17.4. The van der Waals surface area contributed by atoms with E-state index in [9.17, 15) is 9.59 Å². The predicted octanol–water partition coefficient (Wildman–Crippen LogP) is 2.93. The first-order valence-corrected chi connectivity index (χ1v) is 10.6.